The van der Waals surface area contributed by atoms with Gasteiger partial charge in [0.1, 0.15) is 5.75 Å². The molecule has 2 aromatic carbocycles. The van der Waals surface area contributed by atoms with Gasteiger partial charge in [0, 0.05) is 17.8 Å². The number of ether oxygens (including phenoxy) is 1. The Labute approximate surface area is 179 Å². The fourth-order valence-corrected chi connectivity index (χ4v) is 3.37. The van der Waals surface area contributed by atoms with Crippen molar-refractivity contribution in [3.63, 3.8) is 0 Å². The van der Waals surface area contributed by atoms with Crippen molar-refractivity contribution in [1.29, 1.82) is 0 Å². The highest BCUT2D eigenvalue weighted by Gasteiger charge is 2.07. The van der Waals surface area contributed by atoms with Crippen LogP contribution in [0.25, 0.3) is 0 Å². The van der Waals surface area contributed by atoms with E-state index in [1.165, 1.54) is 5.56 Å². The van der Waals surface area contributed by atoms with Gasteiger partial charge in [-0.3, -0.25) is 9.48 Å². The van der Waals surface area contributed by atoms with Gasteiger partial charge in [-0.15, -0.1) is 0 Å². The number of hydrogen-bond acceptors (Lipinski definition) is 3. The second-order valence-corrected chi connectivity index (χ2v) is 7.95. The predicted octanol–water partition coefficient (Wildman–Crippen LogP) is 4.70. The Kier molecular flexibility index (Phi) is 7.28. The lowest BCUT2D eigenvalue weighted by Gasteiger charge is -2.10. The number of rotatable bonds is 9. The van der Waals surface area contributed by atoms with E-state index in [-0.39, 0.29) is 12.0 Å². The fraction of sp³-hybridized carbons (Fsp3) is 0.360. The third-order valence-corrected chi connectivity index (χ3v) is 4.87. The van der Waals surface area contributed by atoms with Crippen LogP contribution in [0.15, 0.2) is 54.6 Å². The average molecular weight is 406 g/mol. The first-order valence-electron chi connectivity index (χ1n) is 10.5. The summed E-state index contributed by atoms with van der Waals surface area (Å²) in [6.45, 7) is 9.44. The third-order valence-electron chi connectivity index (χ3n) is 4.87. The van der Waals surface area contributed by atoms with E-state index in [9.17, 15) is 4.79 Å². The first kappa shape index (κ1) is 21.6. The van der Waals surface area contributed by atoms with Gasteiger partial charge in [0.2, 0.25) is 0 Å². The molecular weight excluding hydrogens is 374 g/mol. The zero-order chi connectivity index (χ0) is 21.5. The predicted molar refractivity (Wildman–Crippen MR) is 120 cm³/mol. The van der Waals surface area contributed by atoms with E-state index in [1.807, 2.05) is 61.9 Å². The highest BCUT2D eigenvalue weighted by atomic mass is 16.5. The fourth-order valence-electron chi connectivity index (χ4n) is 3.37. The molecule has 0 atom stereocenters. The highest BCUT2D eigenvalue weighted by Crippen LogP contribution is 2.15. The van der Waals surface area contributed by atoms with Crippen LogP contribution >= 0.6 is 0 Å². The van der Waals surface area contributed by atoms with Gasteiger partial charge >= 0.3 is 0 Å². The number of hydrogen-bond donors (Lipinski definition) is 1. The van der Waals surface area contributed by atoms with Gasteiger partial charge in [-0.05, 0) is 82.0 Å². The molecule has 158 valence electrons. The van der Waals surface area contributed by atoms with Crippen molar-refractivity contribution in [2.75, 3.05) is 6.54 Å². The number of benzene rings is 2. The van der Waals surface area contributed by atoms with Crippen LogP contribution in [0.2, 0.25) is 0 Å². The average Bonchev–Trinajstić information content (AvgIpc) is 3.03. The lowest BCUT2D eigenvalue weighted by atomic mass is 10.1. The van der Waals surface area contributed by atoms with Crippen LogP contribution in [0.5, 0.6) is 5.75 Å². The second-order valence-electron chi connectivity index (χ2n) is 7.95. The van der Waals surface area contributed by atoms with Crippen molar-refractivity contribution >= 4 is 5.91 Å². The van der Waals surface area contributed by atoms with Crippen LogP contribution in [0.4, 0.5) is 0 Å². The largest absolute Gasteiger partial charge is 0.491 e. The Balaban J connectivity index is 1.43. The molecule has 5 nitrogen and oxygen atoms in total. The molecule has 0 aliphatic heterocycles. The molecule has 0 unspecified atom stereocenters. The van der Waals surface area contributed by atoms with E-state index < -0.39 is 0 Å². The molecule has 3 aromatic rings. The maximum Gasteiger partial charge on any atom is 0.251 e. The van der Waals surface area contributed by atoms with Crippen LogP contribution in [0, 0.1) is 13.8 Å². The molecule has 0 aliphatic carbocycles. The summed E-state index contributed by atoms with van der Waals surface area (Å²) >= 11 is 0. The number of aryl methyl sites for hydroxylation is 3. The summed E-state index contributed by atoms with van der Waals surface area (Å²) in [6, 6.07) is 18.0. The molecule has 1 amide bonds. The van der Waals surface area contributed by atoms with Crippen molar-refractivity contribution in [1.82, 2.24) is 15.1 Å². The maximum atomic E-state index is 12.4. The Morgan fingerprint density at radius 1 is 1.03 bits per heavy atom. The molecule has 5 heteroatoms. The number of carbonyl (C=O) groups is 1. The molecule has 0 fully saturated rings. The molecule has 0 aliphatic rings. The van der Waals surface area contributed by atoms with Gasteiger partial charge in [-0.25, -0.2) is 0 Å². The van der Waals surface area contributed by atoms with E-state index in [0.29, 0.717) is 18.7 Å². The smallest absolute Gasteiger partial charge is 0.251 e. The van der Waals surface area contributed by atoms with E-state index in [1.54, 1.807) is 0 Å². The summed E-state index contributed by atoms with van der Waals surface area (Å²) < 4.78 is 7.64. The van der Waals surface area contributed by atoms with Crippen LogP contribution in [0.1, 0.15) is 53.1 Å². The lowest BCUT2D eigenvalue weighted by molar-refractivity contribution is 0.0953. The Morgan fingerprint density at radius 3 is 2.30 bits per heavy atom. The van der Waals surface area contributed by atoms with E-state index in [2.05, 4.69) is 35.5 Å². The van der Waals surface area contributed by atoms with E-state index in [0.717, 1.165) is 35.5 Å². The van der Waals surface area contributed by atoms with Crippen LogP contribution in [-0.2, 0) is 13.0 Å². The summed E-state index contributed by atoms with van der Waals surface area (Å²) in [4.78, 5) is 12.4. The minimum Gasteiger partial charge on any atom is -0.491 e. The zero-order valence-electron chi connectivity index (χ0n) is 18.3. The first-order valence-corrected chi connectivity index (χ1v) is 10.5. The summed E-state index contributed by atoms with van der Waals surface area (Å²) in [5, 5.41) is 7.49. The SMILES string of the molecule is Cc1cc(C)n(Cc2ccc(C(=O)NCCCc3ccc(OC(C)C)cc3)cc2)n1. The zero-order valence-corrected chi connectivity index (χ0v) is 18.3. The molecule has 1 N–H and O–H groups in total. The summed E-state index contributed by atoms with van der Waals surface area (Å²) in [5.74, 6) is 0.858. The molecule has 0 saturated carbocycles. The Bertz CT molecular complexity index is 957. The minimum absolute atomic E-state index is 0.0339. The summed E-state index contributed by atoms with van der Waals surface area (Å²) in [6.07, 6.45) is 2.00. The third kappa shape index (κ3) is 6.21. The molecule has 1 heterocycles. The van der Waals surface area contributed by atoms with Crippen molar-refractivity contribution in [3.05, 3.63) is 82.7 Å². The van der Waals surface area contributed by atoms with Gasteiger partial charge in [-0.2, -0.15) is 5.10 Å². The number of amides is 1. The van der Waals surface area contributed by atoms with Crippen LogP contribution < -0.4 is 10.1 Å². The highest BCUT2D eigenvalue weighted by molar-refractivity contribution is 5.94. The Morgan fingerprint density at radius 2 is 1.70 bits per heavy atom. The van der Waals surface area contributed by atoms with Gasteiger partial charge in [-0.1, -0.05) is 24.3 Å². The van der Waals surface area contributed by atoms with Crippen molar-refractivity contribution < 1.29 is 9.53 Å². The molecule has 0 bridgehead atoms. The molecule has 30 heavy (non-hydrogen) atoms. The number of carbonyl (C=O) groups excluding carboxylic acids is 1. The van der Waals surface area contributed by atoms with Crippen molar-refractivity contribution in [3.8, 4) is 5.75 Å². The summed E-state index contributed by atoms with van der Waals surface area (Å²) in [7, 11) is 0. The number of aromatic nitrogens is 2. The van der Waals surface area contributed by atoms with E-state index >= 15 is 0 Å². The second kappa shape index (κ2) is 10.1. The molecule has 1 aromatic heterocycles. The van der Waals surface area contributed by atoms with Gasteiger partial charge in [0.25, 0.3) is 5.91 Å². The van der Waals surface area contributed by atoms with Gasteiger partial charge in [0.05, 0.1) is 18.3 Å². The molecule has 0 radical (unpaired) electrons. The first-order chi connectivity index (χ1) is 14.4. The molecule has 0 saturated heterocycles. The van der Waals surface area contributed by atoms with Crippen LogP contribution in [-0.4, -0.2) is 28.3 Å². The minimum atomic E-state index is -0.0339. The van der Waals surface area contributed by atoms with Gasteiger partial charge in [0.15, 0.2) is 0 Å². The molecule has 0 spiro atoms. The number of nitrogens with one attached hydrogen (secondary N) is 1. The Hall–Kier alpha value is -3.08. The van der Waals surface area contributed by atoms with Gasteiger partial charge < -0.3 is 10.1 Å². The monoisotopic (exact) mass is 405 g/mol. The standard InChI is InChI=1S/C25H31N3O2/c1-18(2)30-24-13-9-21(10-14-24)6-5-15-26-25(29)23-11-7-22(8-12-23)17-28-20(4)16-19(3)27-28/h7-14,16,18H,5-6,15,17H2,1-4H3,(H,26,29). The van der Waals surface area contributed by atoms with Crippen molar-refractivity contribution in [2.45, 2.75) is 53.2 Å². The normalized spacial score (nSPS) is 11.0. The molecule has 3 rings (SSSR count). The maximum absolute atomic E-state index is 12.4. The van der Waals surface area contributed by atoms with Crippen LogP contribution in [0.3, 0.4) is 0 Å². The topological polar surface area (TPSA) is 56.2 Å². The van der Waals surface area contributed by atoms with Crippen molar-refractivity contribution in [2.24, 2.45) is 0 Å². The van der Waals surface area contributed by atoms with E-state index in [4.69, 9.17) is 4.74 Å². The molecular formula is C25H31N3O2. The lowest BCUT2D eigenvalue weighted by Crippen LogP contribution is -2.24. The number of nitrogens with zero attached hydrogens (tertiary/aromatic N) is 2. The summed E-state index contributed by atoms with van der Waals surface area (Å²) in [5.41, 5.74) is 5.21. The quantitative estimate of drug-likeness (QED) is 0.525.